The van der Waals surface area contributed by atoms with Crippen LogP contribution in [0.2, 0.25) is 0 Å². The number of aryl methyl sites for hydroxylation is 1. The minimum Gasteiger partial charge on any atom is -0.361 e. The third-order valence-corrected chi connectivity index (χ3v) is 5.44. The van der Waals surface area contributed by atoms with E-state index in [0.717, 1.165) is 30.1 Å². The number of amides is 1. The van der Waals surface area contributed by atoms with Gasteiger partial charge in [0.05, 0.1) is 11.3 Å². The molecule has 3 aromatic rings. The molecule has 1 aliphatic heterocycles. The molecule has 2 N–H and O–H groups in total. The Balaban J connectivity index is 1.41. The Labute approximate surface area is 161 Å². The van der Waals surface area contributed by atoms with Gasteiger partial charge in [0.25, 0.3) is 5.91 Å². The number of rotatable bonds is 6. The van der Waals surface area contributed by atoms with Gasteiger partial charge in [-0.3, -0.25) is 4.79 Å². The van der Waals surface area contributed by atoms with Gasteiger partial charge in [-0.2, -0.15) is 0 Å². The predicted octanol–water partition coefficient (Wildman–Crippen LogP) is 3.20. The molecule has 0 aliphatic carbocycles. The summed E-state index contributed by atoms with van der Waals surface area (Å²) in [5.74, 6) is 1.25. The largest absolute Gasteiger partial charge is 0.361 e. The molecule has 0 saturated heterocycles. The maximum Gasteiger partial charge on any atom is 0.254 e. The van der Waals surface area contributed by atoms with Crippen LogP contribution in [0.3, 0.4) is 0 Å². The Hall–Kier alpha value is -2.64. The van der Waals surface area contributed by atoms with Crippen molar-refractivity contribution in [1.82, 2.24) is 20.8 Å². The van der Waals surface area contributed by atoms with Gasteiger partial charge in [-0.15, -0.1) is 0 Å². The summed E-state index contributed by atoms with van der Waals surface area (Å²) in [5, 5.41) is 11.0. The van der Waals surface area contributed by atoms with Crippen LogP contribution in [0.15, 0.2) is 52.1 Å². The second kappa shape index (κ2) is 7.94. The average Bonchev–Trinajstić information content (AvgIpc) is 3.32. The number of thioether (sulfide) groups is 1. The van der Waals surface area contributed by atoms with Gasteiger partial charge in [-0.1, -0.05) is 35.1 Å². The van der Waals surface area contributed by atoms with Crippen LogP contribution in [-0.4, -0.2) is 16.0 Å². The molecule has 6 nitrogen and oxygen atoms in total. The molecule has 4 rings (SSSR count). The van der Waals surface area contributed by atoms with E-state index >= 15 is 0 Å². The number of carbonyl (C=O) groups is 1. The summed E-state index contributed by atoms with van der Waals surface area (Å²) in [6.07, 6.45) is 1.70. The number of benzene rings is 1. The van der Waals surface area contributed by atoms with Crippen LogP contribution in [-0.2, 0) is 25.4 Å². The molecule has 27 heavy (non-hydrogen) atoms. The molecule has 0 radical (unpaired) electrons. The maximum absolute atomic E-state index is 12.7. The number of hydrogen-bond donors (Lipinski definition) is 2. The molecule has 0 unspecified atom stereocenters. The normalized spacial score (nSPS) is 12.8. The number of carbonyl (C=O) groups excluding carboxylic acids is 1. The molecule has 3 heterocycles. The monoisotopic (exact) mass is 380 g/mol. The highest BCUT2D eigenvalue weighted by Crippen LogP contribution is 2.24. The Bertz CT molecular complexity index is 970. The fourth-order valence-corrected chi connectivity index (χ4v) is 3.91. The van der Waals surface area contributed by atoms with Crippen LogP contribution >= 0.6 is 11.8 Å². The molecule has 0 spiro atoms. The fraction of sp³-hybridized carbons (Fsp3) is 0.250. The third-order valence-electron chi connectivity index (χ3n) is 4.40. The first-order chi connectivity index (χ1) is 13.2. The summed E-state index contributed by atoms with van der Waals surface area (Å²) >= 11 is 1.48. The number of nitrogens with one attached hydrogen (secondary N) is 2. The van der Waals surface area contributed by atoms with E-state index in [0.29, 0.717) is 22.9 Å². The van der Waals surface area contributed by atoms with Crippen molar-refractivity contribution in [1.29, 1.82) is 0 Å². The van der Waals surface area contributed by atoms with E-state index in [2.05, 4.69) is 39.0 Å². The molecule has 1 aromatic carbocycles. The molecule has 2 aromatic heterocycles. The lowest BCUT2D eigenvalue weighted by molar-refractivity contribution is 0.0947. The minimum atomic E-state index is -0.124. The highest BCUT2D eigenvalue weighted by atomic mass is 32.2. The standard InChI is InChI=1S/C20H20N4O2S/c1-13-7-17(24-26-13)12-27-20-18(3-2-6-22-20)19(25)23-9-14-4-5-15-10-21-11-16(15)8-14/h2-8,21H,9-12H2,1H3,(H,23,25). The van der Waals surface area contributed by atoms with Crippen molar-refractivity contribution in [2.24, 2.45) is 0 Å². The second-order valence-corrected chi connectivity index (χ2v) is 7.43. The van der Waals surface area contributed by atoms with E-state index in [9.17, 15) is 4.79 Å². The van der Waals surface area contributed by atoms with Gasteiger partial charge >= 0.3 is 0 Å². The van der Waals surface area contributed by atoms with Gasteiger partial charge in [0.2, 0.25) is 0 Å². The van der Waals surface area contributed by atoms with Crippen molar-refractivity contribution in [3.63, 3.8) is 0 Å². The van der Waals surface area contributed by atoms with E-state index in [4.69, 9.17) is 4.52 Å². The number of nitrogens with zero attached hydrogens (tertiary/aromatic N) is 2. The van der Waals surface area contributed by atoms with Crippen molar-refractivity contribution < 1.29 is 9.32 Å². The predicted molar refractivity (Wildman–Crippen MR) is 103 cm³/mol. The molecule has 7 heteroatoms. The van der Waals surface area contributed by atoms with Crippen LogP contribution in [0.1, 0.15) is 38.5 Å². The summed E-state index contributed by atoms with van der Waals surface area (Å²) in [7, 11) is 0. The van der Waals surface area contributed by atoms with Crippen LogP contribution in [0, 0.1) is 6.92 Å². The van der Waals surface area contributed by atoms with Crippen LogP contribution in [0.25, 0.3) is 0 Å². The minimum absolute atomic E-state index is 0.124. The Morgan fingerprint density at radius 1 is 1.26 bits per heavy atom. The van der Waals surface area contributed by atoms with Crippen molar-refractivity contribution >= 4 is 17.7 Å². The second-order valence-electron chi connectivity index (χ2n) is 6.46. The molecule has 0 fully saturated rings. The summed E-state index contributed by atoms with van der Waals surface area (Å²) < 4.78 is 5.08. The summed E-state index contributed by atoms with van der Waals surface area (Å²) in [6, 6.07) is 11.8. The Morgan fingerprint density at radius 2 is 2.15 bits per heavy atom. The van der Waals surface area contributed by atoms with Gasteiger partial charge < -0.3 is 15.2 Å². The van der Waals surface area contributed by atoms with Crippen LogP contribution < -0.4 is 10.6 Å². The zero-order valence-electron chi connectivity index (χ0n) is 15.0. The lowest BCUT2D eigenvalue weighted by Gasteiger charge is -2.09. The van der Waals surface area contributed by atoms with Crippen molar-refractivity contribution in [2.75, 3.05) is 0 Å². The molecular weight excluding hydrogens is 360 g/mol. The summed E-state index contributed by atoms with van der Waals surface area (Å²) in [6.45, 7) is 4.16. The molecule has 0 saturated carbocycles. The van der Waals surface area contributed by atoms with E-state index < -0.39 is 0 Å². The lowest BCUT2D eigenvalue weighted by atomic mass is 10.1. The van der Waals surface area contributed by atoms with Gasteiger partial charge in [0, 0.05) is 37.7 Å². The summed E-state index contributed by atoms with van der Waals surface area (Å²) in [4.78, 5) is 17.0. The SMILES string of the molecule is Cc1cc(CSc2ncccc2C(=O)NCc2ccc3c(c2)CNC3)no1. The molecule has 138 valence electrons. The Morgan fingerprint density at radius 3 is 3.00 bits per heavy atom. The number of fused-ring (bicyclic) bond motifs is 1. The Kier molecular flexibility index (Phi) is 5.22. The van der Waals surface area contributed by atoms with Gasteiger partial charge in [0.15, 0.2) is 0 Å². The molecule has 1 aliphatic rings. The van der Waals surface area contributed by atoms with Crippen molar-refractivity contribution in [3.8, 4) is 0 Å². The molecule has 0 atom stereocenters. The quantitative estimate of drug-likeness (QED) is 0.639. The van der Waals surface area contributed by atoms with Gasteiger partial charge in [-0.05, 0) is 35.7 Å². The van der Waals surface area contributed by atoms with Gasteiger partial charge in [-0.25, -0.2) is 4.98 Å². The van der Waals surface area contributed by atoms with Crippen molar-refractivity contribution in [3.05, 3.63) is 76.3 Å². The van der Waals surface area contributed by atoms with Gasteiger partial charge in [0.1, 0.15) is 10.8 Å². The average molecular weight is 380 g/mol. The van der Waals surface area contributed by atoms with E-state index in [-0.39, 0.29) is 5.91 Å². The lowest BCUT2D eigenvalue weighted by Crippen LogP contribution is -2.23. The first-order valence-electron chi connectivity index (χ1n) is 8.78. The fourth-order valence-electron chi connectivity index (χ4n) is 3.04. The molecule has 0 bridgehead atoms. The first kappa shape index (κ1) is 17.8. The van der Waals surface area contributed by atoms with Crippen LogP contribution in [0.4, 0.5) is 0 Å². The number of aromatic nitrogens is 2. The first-order valence-corrected chi connectivity index (χ1v) is 9.77. The van der Waals surface area contributed by atoms with Crippen LogP contribution in [0.5, 0.6) is 0 Å². The van der Waals surface area contributed by atoms with E-state index in [1.54, 1.807) is 18.3 Å². The van der Waals surface area contributed by atoms with E-state index in [1.165, 1.54) is 22.9 Å². The zero-order chi connectivity index (χ0) is 18.6. The maximum atomic E-state index is 12.7. The highest BCUT2D eigenvalue weighted by molar-refractivity contribution is 7.98. The number of hydrogen-bond acceptors (Lipinski definition) is 6. The topological polar surface area (TPSA) is 80.0 Å². The molecular formula is C20H20N4O2S. The summed E-state index contributed by atoms with van der Waals surface area (Å²) in [5.41, 5.74) is 5.15. The van der Waals surface area contributed by atoms with Crippen molar-refractivity contribution in [2.45, 2.75) is 37.3 Å². The number of pyridine rings is 1. The van der Waals surface area contributed by atoms with E-state index in [1.807, 2.05) is 13.0 Å². The molecule has 1 amide bonds. The third kappa shape index (κ3) is 4.20. The zero-order valence-corrected chi connectivity index (χ0v) is 15.8. The highest BCUT2D eigenvalue weighted by Gasteiger charge is 2.15. The smallest absolute Gasteiger partial charge is 0.254 e.